The fourth-order valence-corrected chi connectivity index (χ4v) is 2.66. The Balaban J connectivity index is 2.35. The second kappa shape index (κ2) is 5.02. The summed E-state index contributed by atoms with van der Waals surface area (Å²) in [6, 6.07) is 5.35. The van der Waals surface area contributed by atoms with Crippen molar-refractivity contribution in [2.75, 3.05) is 4.90 Å². The van der Waals surface area contributed by atoms with Gasteiger partial charge < -0.3 is 5.32 Å². The van der Waals surface area contributed by atoms with Crippen molar-refractivity contribution >= 4 is 17.5 Å². The van der Waals surface area contributed by atoms with E-state index < -0.39 is 6.04 Å². The van der Waals surface area contributed by atoms with Gasteiger partial charge in [0.1, 0.15) is 0 Å². The summed E-state index contributed by atoms with van der Waals surface area (Å²) >= 11 is 0. The van der Waals surface area contributed by atoms with Crippen LogP contribution in [0.25, 0.3) is 0 Å². The highest BCUT2D eigenvalue weighted by molar-refractivity contribution is 6.23. The van der Waals surface area contributed by atoms with Crippen molar-refractivity contribution in [2.45, 2.75) is 52.6 Å². The molecule has 2 rings (SSSR count). The van der Waals surface area contributed by atoms with Crippen LogP contribution in [0.3, 0.4) is 0 Å². The standard InChI is InChI=1S/C16H22N2O2/c1-10-7-6-8-11(2)14(10)18-13(19)9-12(15(18)20)17-16(3,4)5/h6-8,12,17H,9H2,1-5H3. The number of aryl methyl sites for hydroxylation is 2. The van der Waals surface area contributed by atoms with Crippen molar-refractivity contribution in [3.05, 3.63) is 29.3 Å². The summed E-state index contributed by atoms with van der Waals surface area (Å²) in [4.78, 5) is 26.1. The van der Waals surface area contributed by atoms with Gasteiger partial charge in [0, 0.05) is 5.54 Å². The third-order valence-electron chi connectivity index (χ3n) is 3.42. The van der Waals surface area contributed by atoms with Crippen molar-refractivity contribution in [3.8, 4) is 0 Å². The van der Waals surface area contributed by atoms with Gasteiger partial charge in [0.25, 0.3) is 5.91 Å². The smallest absolute Gasteiger partial charge is 0.251 e. The lowest BCUT2D eigenvalue weighted by atomic mass is 10.1. The van der Waals surface area contributed by atoms with Crippen LogP contribution in [0, 0.1) is 13.8 Å². The van der Waals surface area contributed by atoms with Crippen molar-refractivity contribution in [1.82, 2.24) is 5.32 Å². The molecular weight excluding hydrogens is 252 g/mol. The topological polar surface area (TPSA) is 49.4 Å². The fourth-order valence-electron chi connectivity index (χ4n) is 2.66. The second-order valence-electron chi connectivity index (χ2n) is 6.46. The van der Waals surface area contributed by atoms with Crippen molar-refractivity contribution in [2.24, 2.45) is 0 Å². The normalized spacial score (nSPS) is 19.9. The van der Waals surface area contributed by atoms with Crippen molar-refractivity contribution in [3.63, 3.8) is 0 Å². The summed E-state index contributed by atoms with van der Waals surface area (Å²) in [6.07, 6.45) is 0.226. The maximum Gasteiger partial charge on any atom is 0.251 e. The van der Waals surface area contributed by atoms with Crippen LogP contribution in [-0.2, 0) is 9.59 Å². The minimum absolute atomic E-state index is 0.130. The van der Waals surface area contributed by atoms with Gasteiger partial charge in [0.2, 0.25) is 5.91 Å². The van der Waals surface area contributed by atoms with Crippen LogP contribution < -0.4 is 10.2 Å². The number of hydrogen-bond acceptors (Lipinski definition) is 3. The second-order valence-corrected chi connectivity index (χ2v) is 6.46. The molecule has 1 unspecified atom stereocenters. The summed E-state index contributed by atoms with van der Waals surface area (Å²) < 4.78 is 0. The van der Waals surface area contributed by atoms with Crippen LogP contribution in [0.15, 0.2) is 18.2 Å². The third kappa shape index (κ3) is 2.75. The van der Waals surface area contributed by atoms with Crippen LogP contribution in [0.4, 0.5) is 5.69 Å². The number of carbonyl (C=O) groups is 2. The molecule has 1 aliphatic rings. The Morgan fingerprint density at radius 2 is 1.70 bits per heavy atom. The quantitative estimate of drug-likeness (QED) is 0.842. The van der Waals surface area contributed by atoms with Gasteiger partial charge >= 0.3 is 0 Å². The highest BCUT2D eigenvalue weighted by Gasteiger charge is 2.41. The van der Waals surface area contributed by atoms with Gasteiger partial charge in [-0.2, -0.15) is 0 Å². The van der Waals surface area contributed by atoms with E-state index in [1.807, 2.05) is 52.8 Å². The molecule has 1 fully saturated rings. The number of imide groups is 1. The van der Waals surface area contributed by atoms with Gasteiger partial charge in [-0.15, -0.1) is 0 Å². The highest BCUT2D eigenvalue weighted by atomic mass is 16.2. The first kappa shape index (κ1) is 14.7. The number of anilines is 1. The molecule has 1 N–H and O–H groups in total. The first-order valence-electron chi connectivity index (χ1n) is 6.91. The number of para-hydroxylation sites is 1. The zero-order valence-electron chi connectivity index (χ0n) is 12.8. The molecule has 1 heterocycles. The molecule has 4 nitrogen and oxygen atoms in total. The van der Waals surface area contributed by atoms with Crippen LogP contribution in [0.5, 0.6) is 0 Å². The number of nitrogens with zero attached hydrogens (tertiary/aromatic N) is 1. The predicted molar refractivity (Wildman–Crippen MR) is 79.7 cm³/mol. The Bertz CT molecular complexity index is 538. The molecule has 20 heavy (non-hydrogen) atoms. The van der Waals surface area contributed by atoms with E-state index in [0.717, 1.165) is 16.8 Å². The highest BCUT2D eigenvalue weighted by Crippen LogP contribution is 2.30. The molecule has 0 aliphatic carbocycles. The van der Waals surface area contributed by atoms with E-state index >= 15 is 0 Å². The molecule has 0 radical (unpaired) electrons. The molecule has 2 amide bonds. The number of carbonyl (C=O) groups excluding carboxylic acids is 2. The number of benzene rings is 1. The first-order valence-corrected chi connectivity index (χ1v) is 6.91. The number of nitrogens with one attached hydrogen (secondary N) is 1. The maximum absolute atomic E-state index is 12.5. The maximum atomic E-state index is 12.5. The molecule has 1 aromatic rings. The molecule has 1 aromatic carbocycles. The van der Waals surface area contributed by atoms with Crippen LogP contribution >= 0.6 is 0 Å². The van der Waals surface area contributed by atoms with Crippen LogP contribution in [-0.4, -0.2) is 23.4 Å². The zero-order chi connectivity index (χ0) is 15.1. The molecule has 108 valence electrons. The van der Waals surface area contributed by atoms with Crippen LogP contribution in [0.1, 0.15) is 38.3 Å². The van der Waals surface area contributed by atoms with E-state index in [1.165, 1.54) is 4.90 Å². The predicted octanol–water partition coefficient (Wildman–Crippen LogP) is 2.32. The fraction of sp³-hybridized carbons (Fsp3) is 0.500. The lowest BCUT2D eigenvalue weighted by Crippen LogP contribution is -2.47. The van der Waals surface area contributed by atoms with E-state index in [1.54, 1.807) is 0 Å². The molecule has 0 bridgehead atoms. The molecular formula is C16H22N2O2. The molecule has 1 atom stereocenters. The summed E-state index contributed by atoms with van der Waals surface area (Å²) in [5.74, 6) is -0.281. The molecule has 4 heteroatoms. The Hall–Kier alpha value is -1.68. The van der Waals surface area contributed by atoms with Gasteiger partial charge in [-0.3, -0.25) is 9.59 Å². The largest absolute Gasteiger partial charge is 0.301 e. The Labute approximate surface area is 120 Å². The summed E-state index contributed by atoms with van der Waals surface area (Å²) in [7, 11) is 0. The number of amides is 2. The summed E-state index contributed by atoms with van der Waals surface area (Å²) in [5.41, 5.74) is 2.43. The van der Waals surface area contributed by atoms with Gasteiger partial charge in [0.15, 0.2) is 0 Å². The Morgan fingerprint density at radius 3 is 2.20 bits per heavy atom. The molecule has 0 aromatic heterocycles. The molecule has 0 saturated carbocycles. The minimum Gasteiger partial charge on any atom is -0.301 e. The Kier molecular flexibility index (Phi) is 3.69. The van der Waals surface area contributed by atoms with Crippen LogP contribution in [0.2, 0.25) is 0 Å². The monoisotopic (exact) mass is 274 g/mol. The van der Waals surface area contributed by atoms with E-state index in [-0.39, 0.29) is 23.8 Å². The van der Waals surface area contributed by atoms with Gasteiger partial charge in [-0.1, -0.05) is 18.2 Å². The zero-order valence-corrected chi connectivity index (χ0v) is 12.8. The lowest BCUT2D eigenvalue weighted by molar-refractivity contribution is -0.121. The summed E-state index contributed by atoms with van der Waals surface area (Å²) in [6.45, 7) is 9.83. The lowest BCUT2D eigenvalue weighted by Gasteiger charge is -2.25. The number of hydrogen-bond donors (Lipinski definition) is 1. The molecule has 0 spiro atoms. The summed E-state index contributed by atoms with van der Waals surface area (Å²) in [5, 5.41) is 3.22. The number of rotatable bonds is 2. The minimum atomic E-state index is -0.429. The van der Waals surface area contributed by atoms with E-state index in [0.29, 0.717) is 0 Å². The third-order valence-corrected chi connectivity index (χ3v) is 3.42. The first-order chi connectivity index (χ1) is 9.20. The average Bonchev–Trinajstić information content (AvgIpc) is 2.54. The van der Waals surface area contributed by atoms with Crippen molar-refractivity contribution in [1.29, 1.82) is 0 Å². The average molecular weight is 274 g/mol. The van der Waals surface area contributed by atoms with Gasteiger partial charge in [-0.25, -0.2) is 4.90 Å². The Morgan fingerprint density at radius 1 is 1.15 bits per heavy atom. The van der Waals surface area contributed by atoms with Gasteiger partial charge in [0.05, 0.1) is 18.2 Å². The van der Waals surface area contributed by atoms with Crippen molar-refractivity contribution < 1.29 is 9.59 Å². The van der Waals surface area contributed by atoms with E-state index in [9.17, 15) is 9.59 Å². The SMILES string of the molecule is Cc1cccc(C)c1N1C(=O)CC(NC(C)(C)C)C1=O. The molecule has 1 aliphatic heterocycles. The van der Waals surface area contributed by atoms with E-state index in [2.05, 4.69) is 5.32 Å². The van der Waals surface area contributed by atoms with E-state index in [4.69, 9.17) is 0 Å². The molecule has 1 saturated heterocycles. The van der Waals surface area contributed by atoms with Gasteiger partial charge in [-0.05, 0) is 45.7 Å².